The van der Waals surface area contributed by atoms with Gasteiger partial charge in [-0.1, -0.05) is 30.3 Å². The average molecular weight is 267 g/mol. The first-order valence-electron chi connectivity index (χ1n) is 4.94. The lowest BCUT2D eigenvalue weighted by Crippen LogP contribution is -1.93. The Morgan fingerprint density at radius 3 is 2.78 bits per heavy atom. The van der Waals surface area contributed by atoms with Gasteiger partial charge in [0, 0.05) is 0 Å². The Kier molecular flexibility index (Phi) is 3.76. The van der Waals surface area contributed by atoms with Gasteiger partial charge in [0.15, 0.2) is 0 Å². The summed E-state index contributed by atoms with van der Waals surface area (Å²) in [5, 5.41) is 9.14. The number of nitrogens with zero attached hydrogens (tertiary/aromatic N) is 2. The highest BCUT2D eigenvalue weighted by atomic mass is 31.2. The third kappa shape index (κ3) is 3.73. The van der Waals surface area contributed by atoms with Crippen molar-refractivity contribution in [3.05, 3.63) is 48.4 Å². The molecule has 0 fully saturated rings. The summed E-state index contributed by atoms with van der Waals surface area (Å²) in [6.45, 7) is 0. The van der Waals surface area contributed by atoms with Gasteiger partial charge in [0.25, 0.3) is 5.88 Å². The summed E-state index contributed by atoms with van der Waals surface area (Å²) in [6, 6.07) is 9.18. The van der Waals surface area contributed by atoms with Crippen molar-refractivity contribution in [1.29, 1.82) is 0 Å². The number of aromatic nitrogens is 3. The molecule has 0 saturated heterocycles. The molecular formula is C10H10N3O4P. The second-order valence-electron chi connectivity index (χ2n) is 3.19. The predicted molar refractivity (Wildman–Crippen MR) is 63.4 cm³/mol. The van der Waals surface area contributed by atoms with Crippen molar-refractivity contribution in [3.63, 3.8) is 0 Å². The van der Waals surface area contributed by atoms with Crippen LogP contribution in [-0.4, -0.2) is 20.3 Å². The number of phosphoric ester groups is 1. The molecule has 7 nitrogen and oxygen atoms in total. The third-order valence-corrected chi connectivity index (χ3v) is 2.66. The summed E-state index contributed by atoms with van der Waals surface area (Å²) in [4.78, 5) is 9.34. The lowest BCUT2D eigenvalue weighted by Gasteiger charge is -2.07. The molecule has 2 rings (SSSR count). The molecule has 1 aromatic heterocycles. The highest BCUT2D eigenvalue weighted by Gasteiger charge is 2.23. The molecule has 0 aliphatic rings. The van der Waals surface area contributed by atoms with Crippen LogP contribution in [0.2, 0.25) is 0 Å². The Balaban J connectivity index is 1.93. The molecular weight excluding hydrogens is 257 g/mol. The van der Waals surface area contributed by atoms with Crippen LogP contribution in [0.3, 0.4) is 0 Å². The normalized spacial score (nSPS) is 14.3. The summed E-state index contributed by atoms with van der Waals surface area (Å²) in [7, 11) is -4.23. The van der Waals surface area contributed by atoms with Crippen molar-refractivity contribution in [1.82, 2.24) is 15.4 Å². The van der Waals surface area contributed by atoms with Gasteiger partial charge >= 0.3 is 7.82 Å². The van der Waals surface area contributed by atoms with Gasteiger partial charge in [-0.2, -0.15) is 10.3 Å². The van der Waals surface area contributed by atoms with Crippen molar-refractivity contribution in [2.75, 3.05) is 0 Å². The van der Waals surface area contributed by atoms with Crippen LogP contribution in [0, 0.1) is 0 Å². The topological polar surface area (TPSA) is 97.3 Å². The molecule has 2 N–H and O–H groups in total. The molecule has 8 heteroatoms. The zero-order valence-corrected chi connectivity index (χ0v) is 10.0. The number of hydrogen-bond donors (Lipinski definition) is 2. The predicted octanol–water partition coefficient (Wildman–Crippen LogP) is 1.97. The van der Waals surface area contributed by atoms with E-state index in [-0.39, 0.29) is 5.88 Å². The van der Waals surface area contributed by atoms with E-state index in [0.29, 0.717) is 0 Å². The minimum absolute atomic E-state index is 0.117. The van der Waals surface area contributed by atoms with E-state index in [4.69, 9.17) is 0 Å². The molecule has 0 amide bonds. The minimum Gasteiger partial charge on any atom is -0.403 e. The summed E-state index contributed by atoms with van der Waals surface area (Å²) >= 11 is 0. The van der Waals surface area contributed by atoms with E-state index in [9.17, 15) is 9.46 Å². The second-order valence-corrected chi connectivity index (χ2v) is 4.52. The van der Waals surface area contributed by atoms with E-state index >= 15 is 0 Å². The maximum atomic E-state index is 11.4. The number of H-pyrrole nitrogens is 1. The number of nitrogens with one attached hydrogen (secondary N) is 1. The zero-order chi connectivity index (χ0) is 12.8. The Morgan fingerprint density at radius 2 is 2.11 bits per heavy atom. The maximum Gasteiger partial charge on any atom is 0.585 e. The first-order chi connectivity index (χ1) is 8.66. The van der Waals surface area contributed by atoms with Crippen LogP contribution in [0.4, 0.5) is 0 Å². The summed E-state index contributed by atoms with van der Waals surface area (Å²) < 4.78 is 20.7. The van der Waals surface area contributed by atoms with Gasteiger partial charge in [-0.05, 0) is 11.6 Å². The second kappa shape index (κ2) is 5.48. The molecule has 0 aliphatic heterocycles. The van der Waals surface area contributed by atoms with Gasteiger partial charge in [0.2, 0.25) is 0 Å². The fourth-order valence-corrected chi connectivity index (χ4v) is 1.71. The van der Waals surface area contributed by atoms with Gasteiger partial charge < -0.3 is 9.05 Å². The van der Waals surface area contributed by atoms with Gasteiger partial charge in [-0.25, -0.2) is 4.57 Å². The average Bonchev–Trinajstić information content (AvgIpc) is 2.82. The van der Waals surface area contributed by atoms with Crippen LogP contribution < -0.4 is 4.52 Å². The highest BCUT2D eigenvalue weighted by molar-refractivity contribution is 7.47. The van der Waals surface area contributed by atoms with Crippen LogP contribution in [0.1, 0.15) is 5.56 Å². The van der Waals surface area contributed by atoms with Crippen molar-refractivity contribution < 1.29 is 18.5 Å². The van der Waals surface area contributed by atoms with Crippen molar-refractivity contribution in [2.45, 2.75) is 0 Å². The standard InChI is InChI=1S/C10H10N3O4P/c14-18(15,17-10-8-11-13-12-10)16-7-6-9-4-2-1-3-5-9/h1-8H,(H,14,15)(H,11,12,13). The summed E-state index contributed by atoms with van der Waals surface area (Å²) in [5.74, 6) is -0.117. The molecule has 0 bridgehead atoms. The van der Waals surface area contributed by atoms with E-state index in [1.54, 1.807) is 0 Å². The van der Waals surface area contributed by atoms with Crippen LogP contribution in [0.5, 0.6) is 5.88 Å². The monoisotopic (exact) mass is 267 g/mol. The van der Waals surface area contributed by atoms with Gasteiger partial charge in [-0.15, -0.1) is 5.10 Å². The van der Waals surface area contributed by atoms with Gasteiger partial charge in [0.05, 0.1) is 6.26 Å². The number of benzene rings is 1. The van der Waals surface area contributed by atoms with Crippen LogP contribution in [-0.2, 0) is 9.09 Å². The van der Waals surface area contributed by atoms with Crippen molar-refractivity contribution in [2.24, 2.45) is 0 Å². The molecule has 0 radical (unpaired) electrons. The SMILES string of the molecule is O=P(O)(OC=Cc1ccccc1)Oc1cn[nH]n1. The first kappa shape index (κ1) is 12.3. The lowest BCUT2D eigenvalue weighted by atomic mass is 10.2. The van der Waals surface area contributed by atoms with Crippen LogP contribution in [0.25, 0.3) is 6.08 Å². The van der Waals surface area contributed by atoms with Gasteiger partial charge in [-0.3, -0.25) is 4.89 Å². The molecule has 1 aromatic carbocycles. The molecule has 0 aliphatic carbocycles. The molecule has 2 aromatic rings. The Hall–Kier alpha value is -2.11. The van der Waals surface area contributed by atoms with E-state index < -0.39 is 7.82 Å². The Bertz CT molecular complexity index is 556. The zero-order valence-electron chi connectivity index (χ0n) is 9.13. The number of aromatic amines is 1. The molecule has 0 spiro atoms. The van der Waals surface area contributed by atoms with E-state index in [1.807, 2.05) is 30.3 Å². The minimum atomic E-state index is -4.23. The smallest absolute Gasteiger partial charge is 0.403 e. The van der Waals surface area contributed by atoms with E-state index in [1.165, 1.54) is 6.08 Å². The van der Waals surface area contributed by atoms with E-state index in [0.717, 1.165) is 18.0 Å². The van der Waals surface area contributed by atoms with Crippen LogP contribution in [0.15, 0.2) is 42.8 Å². The molecule has 1 heterocycles. The van der Waals surface area contributed by atoms with Gasteiger partial charge in [0.1, 0.15) is 6.20 Å². The Morgan fingerprint density at radius 1 is 1.33 bits per heavy atom. The summed E-state index contributed by atoms with van der Waals surface area (Å²) in [5.41, 5.74) is 0.832. The largest absolute Gasteiger partial charge is 0.585 e. The van der Waals surface area contributed by atoms with E-state index in [2.05, 4.69) is 24.5 Å². The molecule has 18 heavy (non-hydrogen) atoms. The fourth-order valence-electron chi connectivity index (χ4n) is 1.12. The molecule has 1 atom stereocenters. The molecule has 1 unspecified atom stereocenters. The fraction of sp³-hybridized carbons (Fsp3) is 0. The Labute approximate surface area is 103 Å². The van der Waals surface area contributed by atoms with Crippen molar-refractivity contribution >= 4 is 13.9 Å². The van der Waals surface area contributed by atoms with Crippen LogP contribution >= 0.6 is 7.82 Å². The third-order valence-electron chi connectivity index (χ3n) is 1.86. The van der Waals surface area contributed by atoms with Crippen molar-refractivity contribution in [3.8, 4) is 5.88 Å². The quantitative estimate of drug-likeness (QED) is 0.635. The molecule has 0 saturated carbocycles. The number of rotatable bonds is 5. The summed E-state index contributed by atoms with van der Waals surface area (Å²) in [6.07, 6.45) is 3.79. The molecule has 94 valence electrons. The maximum absolute atomic E-state index is 11.4. The highest BCUT2D eigenvalue weighted by Crippen LogP contribution is 2.43. The lowest BCUT2D eigenvalue weighted by molar-refractivity contribution is 0.264. The number of phosphoric acid groups is 1. The first-order valence-corrected chi connectivity index (χ1v) is 6.43. The number of hydrogen-bond acceptors (Lipinski definition) is 5.